The van der Waals surface area contributed by atoms with E-state index in [4.69, 9.17) is 4.52 Å². The van der Waals surface area contributed by atoms with E-state index in [1.807, 2.05) is 30.3 Å². The molecule has 0 aliphatic rings. The molecule has 3 aromatic rings. The van der Waals surface area contributed by atoms with Gasteiger partial charge in [0.1, 0.15) is 5.76 Å². The van der Waals surface area contributed by atoms with Gasteiger partial charge in [-0.05, 0) is 25.8 Å². The molecule has 26 heavy (non-hydrogen) atoms. The number of rotatable bonds is 7. The van der Waals surface area contributed by atoms with Crippen molar-refractivity contribution in [2.45, 2.75) is 37.2 Å². The first-order valence-corrected chi connectivity index (χ1v) is 9.01. The summed E-state index contributed by atoms with van der Waals surface area (Å²) in [5.41, 5.74) is 0.840. The monoisotopic (exact) mass is 373 g/mol. The highest BCUT2D eigenvalue weighted by atomic mass is 32.2. The van der Waals surface area contributed by atoms with E-state index in [9.17, 15) is 9.59 Å². The molecule has 2 heterocycles. The second-order valence-corrected chi connectivity index (χ2v) is 7.08. The third-order valence-electron chi connectivity index (χ3n) is 3.72. The average molecular weight is 373 g/mol. The molecule has 0 saturated heterocycles. The summed E-state index contributed by atoms with van der Waals surface area (Å²) in [6, 6.07) is 11.5. The normalized spacial score (nSPS) is 12.1. The van der Waals surface area contributed by atoms with Crippen molar-refractivity contribution in [3.8, 4) is 0 Å². The number of benzene rings is 1. The van der Waals surface area contributed by atoms with Crippen LogP contribution < -0.4 is 11.0 Å². The van der Waals surface area contributed by atoms with Gasteiger partial charge in [-0.3, -0.25) is 9.36 Å². The predicted molar refractivity (Wildman–Crippen MR) is 98.2 cm³/mol. The number of H-pyrrole nitrogens is 1. The number of nitrogens with zero attached hydrogens (tertiary/aromatic N) is 3. The topological polar surface area (TPSA) is 106 Å². The highest BCUT2D eigenvalue weighted by Gasteiger charge is 2.20. The number of amides is 1. The number of aromatic nitrogens is 4. The molecule has 1 atom stereocenters. The van der Waals surface area contributed by atoms with Crippen molar-refractivity contribution in [1.82, 2.24) is 19.9 Å². The zero-order valence-electron chi connectivity index (χ0n) is 14.4. The van der Waals surface area contributed by atoms with Crippen LogP contribution in [0.25, 0.3) is 0 Å². The average Bonchev–Trinajstić information content (AvgIpc) is 3.19. The fraction of sp³-hybridized carbons (Fsp3) is 0.294. The number of carbonyl (C=O) groups excluding carboxylic acids is 1. The van der Waals surface area contributed by atoms with Crippen LogP contribution in [-0.4, -0.2) is 31.1 Å². The number of thioether (sulfide) groups is 1. The molecule has 0 bridgehead atoms. The number of nitrogens with one attached hydrogen (secondary N) is 2. The van der Waals surface area contributed by atoms with Crippen LogP contribution in [0.2, 0.25) is 0 Å². The van der Waals surface area contributed by atoms with E-state index < -0.39 is 5.25 Å². The zero-order valence-corrected chi connectivity index (χ0v) is 15.2. The van der Waals surface area contributed by atoms with Gasteiger partial charge in [-0.15, -0.1) is 5.10 Å². The molecule has 1 aromatic carbocycles. The van der Waals surface area contributed by atoms with Crippen LogP contribution in [0.1, 0.15) is 18.2 Å². The summed E-state index contributed by atoms with van der Waals surface area (Å²) in [5, 5.41) is 12.9. The maximum atomic E-state index is 12.3. The van der Waals surface area contributed by atoms with Crippen molar-refractivity contribution in [3.05, 3.63) is 58.2 Å². The van der Waals surface area contributed by atoms with Gasteiger partial charge in [-0.2, -0.15) is 0 Å². The standard InChI is InChI=1S/C17H19N5O3S/c1-11-10-14(21-25-11)18-15(23)12(2)26-17-20-19-16(24)22(17)9-8-13-6-4-3-5-7-13/h3-7,10,12H,8-9H2,1-2H3,(H,19,24)(H,18,21,23)/t12-/m1/s1. The minimum atomic E-state index is -0.460. The molecule has 0 aliphatic carbocycles. The van der Waals surface area contributed by atoms with Crippen molar-refractivity contribution >= 4 is 23.5 Å². The lowest BCUT2D eigenvalue weighted by atomic mass is 10.1. The summed E-state index contributed by atoms with van der Waals surface area (Å²) in [4.78, 5) is 24.3. The minimum absolute atomic E-state index is 0.242. The number of hydrogen-bond acceptors (Lipinski definition) is 6. The summed E-state index contributed by atoms with van der Waals surface area (Å²) in [7, 11) is 0. The SMILES string of the molecule is Cc1cc(NC(=O)[C@@H](C)Sc2n[nH]c(=O)n2CCc2ccccc2)no1. The number of hydrogen-bond donors (Lipinski definition) is 2. The van der Waals surface area contributed by atoms with Gasteiger partial charge < -0.3 is 9.84 Å². The first-order valence-electron chi connectivity index (χ1n) is 8.13. The molecule has 8 nitrogen and oxygen atoms in total. The Bertz CT molecular complexity index is 931. The molecule has 2 N–H and O–H groups in total. The number of aryl methyl sites for hydroxylation is 2. The molecule has 0 saturated carbocycles. The molecule has 136 valence electrons. The van der Waals surface area contributed by atoms with Crippen molar-refractivity contribution in [3.63, 3.8) is 0 Å². The van der Waals surface area contributed by atoms with Gasteiger partial charge in [0, 0.05) is 12.6 Å². The number of aromatic amines is 1. The smallest absolute Gasteiger partial charge is 0.343 e. The fourth-order valence-corrected chi connectivity index (χ4v) is 3.22. The van der Waals surface area contributed by atoms with E-state index in [0.29, 0.717) is 29.7 Å². The van der Waals surface area contributed by atoms with Crippen LogP contribution in [-0.2, 0) is 17.8 Å². The third kappa shape index (κ3) is 4.42. The summed E-state index contributed by atoms with van der Waals surface area (Å²) >= 11 is 1.21. The molecule has 0 spiro atoms. The van der Waals surface area contributed by atoms with Gasteiger partial charge in [0.15, 0.2) is 11.0 Å². The lowest BCUT2D eigenvalue weighted by Crippen LogP contribution is -2.24. The summed E-state index contributed by atoms with van der Waals surface area (Å²) < 4.78 is 6.47. The minimum Gasteiger partial charge on any atom is -0.360 e. The Morgan fingerprint density at radius 1 is 1.38 bits per heavy atom. The highest BCUT2D eigenvalue weighted by molar-refractivity contribution is 8.00. The fourth-order valence-electron chi connectivity index (χ4n) is 2.34. The van der Waals surface area contributed by atoms with Gasteiger partial charge >= 0.3 is 5.69 Å². The second-order valence-electron chi connectivity index (χ2n) is 5.77. The number of anilines is 1. The van der Waals surface area contributed by atoms with Crippen LogP contribution in [0.15, 0.2) is 50.9 Å². The molecule has 3 rings (SSSR count). The molecular weight excluding hydrogens is 354 g/mol. The maximum absolute atomic E-state index is 12.3. The summed E-state index contributed by atoms with van der Waals surface area (Å²) in [6.07, 6.45) is 0.701. The zero-order chi connectivity index (χ0) is 18.5. The molecule has 0 unspecified atom stereocenters. The molecule has 0 radical (unpaired) electrons. The lowest BCUT2D eigenvalue weighted by Gasteiger charge is -2.10. The molecule has 0 aliphatic heterocycles. The van der Waals surface area contributed by atoms with E-state index in [1.54, 1.807) is 24.5 Å². The van der Waals surface area contributed by atoms with Gasteiger partial charge in [0.2, 0.25) is 5.91 Å². The largest absolute Gasteiger partial charge is 0.360 e. The van der Waals surface area contributed by atoms with Crippen molar-refractivity contribution < 1.29 is 9.32 Å². The van der Waals surface area contributed by atoms with E-state index in [1.165, 1.54) is 11.8 Å². The summed E-state index contributed by atoms with van der Waals surface area (Å²) in [5.74, 6) is 0.736. The van der Waals surface area contributed by atoms with Gasteiger partial charge in [-0.25, -0.2) is 9.89 Å². The van der Waals surface area contributed by atoms with Crippen LogP contribution in [0, 0.1) is 6.92 Å². The second kappa shape index (κ2) is 8.05. The van der Waals surface area contributed by atoms with Crippen molar-refractivity contribution in [1.29, 1.82) is 0 Å². The summed E-state index contributed by atoms with van der Waals surface area (Å²) in [6.45, 7) is 3.97. The van der Waals surface area contributed by atoms with E-state index >= 15 is 0 Å². The van der Waals surface area contributed by atoms with Crippen molar-refractivity contribution in [2.24, 2.45) is 0 Å². The molecule has 0 fully saturated rings. The Hall–Kier alpha value is -2.81. The van der Waals surface area contributed by atoms with Crippen LogP contribution >= 0.6 is 11.8 Å². The Labute approximate surface area is 154 Å². The molecule has 2 aromatic heterocycles. The van der Waals surface area contributed by atoms with E-state index in [-0.39, 0.29) is 11.6 Å². The molecular formula is C17H19N5O3S. The lowest BCUT2D eigenvalue weighted by molar-refractivity contribution is -0.115. The Kier molecular flexibility index (Phi) is 5.57. The van der Waals surface area contributed by atoms with Gasteiger partial charge in [0.05, 0.1) is 5.25 Å². The van der Waals surface area contributed by atoms with Crippen molar-refractivity contribution in [2.75, 3.05) is 5.32 Å². The predicted octanol–water partition coefficient (Wildman–Crippen LogP) is 2.23. The third-order valence-corrected chi connectivity index (χ3v) is 4.81. The Morgan fingerprint density at radius 2 is 2.15 bits per heavy atom. The maximum Gasteiger partial charge on any atom is 0.343 e. The first kappa shape index (κ1) is 18.0. The molecule has 1 amide bonds. The highest BCUT2D eigenvalue weighted by Crippen LogP contribution is 2.21. The quantitative estimate of drug-likeness (QED) is 0.615. The van der Waals surface area contributed by atoms with Crippen LogP contribution in [0.4, 0.5) is 5.82 Å². The molecule has 9 heteroatoms. The number of carbonyl (C=O) groups is 1. The van der Waals surface area contributed by atoms with Crippen LogP contribution in [0.3, 0.4) is 0 Å². The van der Waals surface area contributed by atoms with E-state index in [0.717, 1.165) is 5.56 Å². The van der Waals surface area contributed by atoms with Gasteiger partial charge in [-0.1, -0.05) is 47.3 Å². The Balaban J connectivity index is 1.64. The first-order chi connectivity index (χ1) is 12.5. The Morgan fingerprint density at radius 3 is 2.85 bits per heavy atom. The van der Waals surface area contributed by atoms with Crippen LogP contribution in [0.5, 0.6) is 0 Å². The van der Waals surface area contributed by atoms with Gasteiger partial charge in [0.25, 0.3) is 0 Å². The van der Waals surface area contributed by atoms with E-state index in [2.05, 4.69) is 20.7 Å².